The van der Waals surface area contributed by atoms with Gasteiger partial charge in [-0.3, -0.25) is 0 Å². The highest BCUT2D eigenvalue weighted by Gasteiger charge is 2.29. The number of rotatable bonds is 2. The van der Waals surface area contributed by atoms with Crippen LogP contribution in [-0.2, 0) is 0 Å². The molecule has 0 aromatic heterocycles. The Balaban J connectivity index is 2.08. The first-order valence-electron chi connectivity index (χ1n) is 4.60. The summed E-state index contributed by atoms with van der Waals surface area (Å²) in [6, 6.07) is 4.22. The second-order valence-electron chi connectivity index (χ2n) is 3.43. The molecule has 0 radical (unpaired) electrons. The van der Waals surface area contributed by atoms with Gasteiger partial charge < -0.3 is 14.6 Å². The topological polar surface area (TPSA) is 38.7 Å². The number of hydrogen-bond acceptors (Lipinski definition) is 3. The number of alkyl halides is 3. The Kier molecular flexibility index (Phi) is 2.67. The van der Waals surface area contributed by atoms with Crippen molar-refractivity contribution < 1.29 is 27.8 Å². The highest BCUT2D eigenvalue weighted by molar-refractivity contribution is 5.44. The zero-order valence-electron chi connectivity index (χ0n) is 8.12. The van der Waals surface area contributed by atoms with Crippen molar-refractivity contribution in [1.29, 1.82) is 0 Å². The van der Waals surface area contributed by atoms with E-state index in [-0.39, 0.29) is 12.4 Å². The maximum absolute atomic E-state index is 11.9. The van der Waals surface area contributed by atoms with Gasteiger partial charge in [0.25, 0.3) is 0 Å². The second-order valence-corrected chi connectivity index (χ2v) is 3.43. The molecule has 0 saturated heterocycles. The molecule has 3 nitrogen and oxygen atoms in total. The summed E-state index contributed by atoms with van der Waals surface area (Å²) in [6.07, 6.45) is -5.08. The fourth-order valence-electron chi connectivity index (χ4n) is 1.43. The predicted octanol–water partition coefficient (Wildman–Crippen LogP) is 2.05. The van der Waals surface area contributed by atoms with E-state index < -0.39 is 18.9 Å². The highest BCUT2D eigenvalue weighted by Crippen LogP contribution is 2.35. The fraction of sp³-hybridized carbons (Fsp3) is 0.400. The Bertz CT molecular complexity index is 389. The molecule has 1 N–H and O–H groups in total. The average molecular weight is 234 g/mol. The number of benzene rings is 1. The molecule has 0 aliphatic carbocycles. The van der Waals surface area contributed by atoms with Crippen LogP contribution in [0, 0.1) is 0 Å². The molecule has 1 atom stereocenters. The van der Waals surface area contributed by atoms with Gasteiger partial charge in [-0.15, -0.1) is 0 Å². The first-order valence-corrected chi connectivity index (χ1v) is 4.60. The molecule has 1 aliphatic rings. The zero-order valence-corrected chi connectivity index (χ0v) is 8.12. The first-order chi connectivity index (χ1) is 7.46. The van der Waals surface area contributed by atoms with Crippen LogP contribution < -0.4 is 9.47 Å². The number of aliphatic hydroxyl groups excluding tert-OH is 1. The summed E-state index contributed by atoms with van der Waals surface area (Å²) in [5.41, 5.74) is 0.569. The van der Waals surface area contributed by atoms with Gasteiger partial charge in [0.1, 0.15) is 24.2 Å². The summed E-state index contributed by atoms with van der Waals surface area (Å²) in [5.74, 6) is 0.442. The normalized spacial score (nSPS) is 19.1. The first kappa shape index (κ1) is 11.1. The molecule has 0 saturated carbocycles. The number of halogens is 3. The van der Waals surface area contributed by atoms with E-state index in [1.807, 2.05) is 0 Å². The molecule has 6 heteroatoms. The third-order valence-electron chi connectivity index (χ3n) is 2.14. The SMILES string of the molecule is OC1COc2cc(OCC(F)(F)F)ccc21. The standard InChI is InChI=1S/C10H9F3O3/c11-10(12,13)5-16-6-1-2-7-8(14)4-15-9(7)3-6/h1-3,8,14H,4-5H2. The lowest BCUT2D eigenvalue weighted by Crippen LogP contribution is -2.19. The summed E-state index contributed by atoms with van der Waals surface area (Å²) in [6.45, 7) is -1.22. The maximum atomic E-state index is 11.9. The predicted molar refractivity (Wildman–Crippen MR) is 48.4 cm³/mol. The molecule has 1 unspecified atom stereocenters. The van der Waals surface area contributed by atoms with Crippen LogP contribution in [0.3, 0.4) is 0 Å². The van der Waals surface area contributed by atoms with Crippen molar-refractivity contribution in [2.45, 2.75) is 12.3 Å². The largest absolute Gasteiger partial charge is 0.490 e. The zero-order chi connectivity index (χ0) is 11.8. The molecule has 0 spiro atoms. The van der Waals surface area contributed by atoms with Crippen molar-refractivity contribution in [2.24, 2.45) is 0 Å². The summed E-state index contributed by atoms with van der Waals surface area (Å²) >= 11 is 0. The molecular formula is C10H9F3O3. The van der Waals surface area contributed by atoms with Gasteiger partial charge >= 0.3 is 6.18 Å². The van der Waals surface area contributed by atoms with Crippen LogP contribution in [0.4, 0.5) is 13.2 Å². The van der Waals surface area contributed by atoms with Crippen LogP contribution in [0.2, 0.25) is 0 Å². The van der Waals surface area contributed by atoms with Crippen LogP contribution in [-0.4, -0.2) is 24.5 Å². The van der Waals surface area contributed by atoms with Crippen molar-refractivity contribution in [3.63, 3.8) is 0 Å². The lowest BCUT2D eigenvalue weighted by molar-refractivity contribution is -0.153. The van der Waals surface area contributed by atoms with Crippen LogP contribution >= 0.6 is 0 Å². The van der Waals surface area contributed by atoms with Gasteiger partial charge in [-0.25, -0.2) is 0 Å². The Labute approximate surface area is 89.4 Å². The second kappa shape index (κ2) is 3.86. The Morgan fingerprint density at radius 3 is 2.88 bits per heavy atom. The highest BCUT2D eigenvalue weighted by atomic mass is 19.4. The number of aliphatic hydroxyl groups is 1. The molecule has 2 rings (SSSR count). The third kappa shape index (κ3) is 2.38. The molecule has 1 aromatic carbocycles. The molecular weight excluding hydrogens is 225 g/mol. The fourth-order valence-corrected chi connectivity index (χ4v) is 1.43. The number of hydrogen-bond donors (Lipinski definition) is 1. The maximum Gasteiger partial charge on any atom is 0.422 e. The van der Waals surface area contributed by atoms with E-state index in [2.05, 4.69) is 4.74 Å². The smallest absolute Gasteiger partial charge is 0.422 e. The van der Waals surface area contributed by atoms with Crippen molar-refractivity contribution in [1.82, 2.24) is 0 Å². The summed E-state index contributed by atoms with van der Waals surface area (Å²) in [7, 11) is 0. The Morgan fingerprint density at radius 2 is 2.19 bits per heavy atom. The van der Waals surface area contributed by atoms with Crippen LogP contribution in [0.5, 0.6) is 11.5 Å². The summed E-state index contributed by atoms with van der Waals surface area (Å²) in [4.78, 5) is 0. The Hall–Kier alpha value is -1.43. The Morgan fingerprint density at radius 1 is 1.44 bits per heavy atom. The van der Waals surface area contributed by atoms with Gasteiger partial charge in [-0.05, 0) is 12.1 Å². The van der Waals surface area contributed by atoms with Crippen LogP contribution in [0.25, 0.3) is 0 Å². The van der Waals surface area contributed by atoms with Gasteiger partial charge in [-0.2, -0.15) is 13.2 Å². The molecule has 88 valence electrons. The summed E-state index contributed by atoms with van der Waals surface area (Å²) < 4.78 is 45.3. The lowest BCUT2D eigenvalue weighted by Gasteiger charge is -2.09. The minimum absolute atomic E-state index is 0.0742. The van der Waals surface area contributed by atoms with Gasteiger partial charge in [0.05, 0.1) is 0 Å². The minimum Gasteiger partial charge on any atom is -0.490 e. The van der Waals surface area contributed by atoms with E-state index in [0.29, 0.717) is 11.3 Å². The number of ether oxygens (including phenoxy) is 2. The van der Waals surface area contributed by atoms with E-state index in [9.17, 15) is 18.3 Å². The van der Waals surface area contributed by atoms with Gasteiger partial charge in [0.2, 0.25) is 0 Å². The molecule has 16 heavy (non-hydrogen) atoms. The minimum atomic E-state index is -4.36. The molecule has 1 heterocycles. The monoisotopic (exact) mass is 234 g/mol. The van der Waals surface area contributed by atoms with Crippen molar-refractivity contribution in [3.05, 3.63) is 23.8 Å². The van der Waals surface area contributed by atoms with Crippen LogP contribution in [0.1, 0.15) is 11.7 Å². The van der Waals surface area contributed by atoms with Gasteiger partial charge in [0, 0.05) is 11.6 Å². The molecule has 1 aromatic rings. The van der Waals surface area contributed by atoms with Gasteiger partial charge in [-0.1, -0.05) is 0 Å². The molecule has 0 amide bonds. The van der Waals surface area contributed by atoms with Crippen molar-refractivity contribution >= 4 is 0 Å². The summed E-state index contributed by atoms with van der Waals surface area (Å²) in [5, 5.41) is 9.39. The van der Waals surface area contributed by atoms with Crippen LogP contribution in [0.15, 0.2) is 18.2 Å². The molecule has 0 bridgehead atoms. The lowest BCUT2D eigenvalue weighted by atomic mass is 10.1. The van der Waals surface area contributed by atoms with Gasteiger partial charge in [0.15, 0.2) is 6.61 Å². The van der Waals surface area contributed by atoms with Crippen molar-refractivity contribution in [3.8, 4) is 11.5 Å². The number of fused-ring (bicyclic) bond motifs is 1. The average Bonchev–Trinajstić information content (AvgIpc) is 2.56. The van der Waals surface area contributed by atoms with E-state index in [4.69, 9.17) is 4.74 Å². The molecule has 1 aliphatic heterocycles. The van der Waals surface area contributed by atoms with E-state index >= 15 is 0 Å². The quantitative estimate of drug-likeness (QED) is 0.851. The van der Waals surface area contributed by atoms with E-state index in [1.165, 1.54) is 18.2 Å². The third-order valence-corrected chi connectivity index (χ3v) is 2.14. The van der Waals surface area contributed by atoms with E-state index in [1.54, 1.807) is 0 Å². The molecule has 0 fully saturated rings. The van der Waals surface area contributed by atoms with Crippen molar-refractivity contribution in [2.75, 3.05) is 13.2 Å². The van der Waals surface area contributed by atoms with E-state index in [0.717, 1.165) is 0 Å².